The van der Waals surface area contributed by atoms with Gasteiger partial charge in [0.2, 0.25) is 8.38 Å². The minimum atomic E-state index is -0.865. The number of benzene rings is 1. The maximum absolute atomic E-state index is 6.20. The number of aryl methyl sites for hydroxylation is 1. The molecule has 0 bridgehead atoms. The fraction of sp³-hybridized carbons (Fsp3) is 0.600. The molecule has 0 N–H and O–H groups in total. The van der Waals surface area contributed by atoms with Gasteiger partial charge in [-0.15, -0.1) is 0 Å². The fourth-order valence-electron chi connectivity index (χ4n) is 2.13. The molecule has 0 saturated heterocycles. The average Bonchev–Trinajstić information content (AvgIpc) is 2.26. The minimum Gasteiger partial charge on any atom is -0.327 e. The zero-order valence-electron chi connectivity index (χ0n) is 11.0. The van der Waals surface area contributed by atoms with Crippen molar-refractivity contribution in [1.29, 1.82) is 0 Å². The van der Waals surface area contributed by atoms with Crippen LogP contribution in [-0.2, 0) is 9.05 Å². The van der Waals surface area contributed by atoms with Crippen molar-refractivity contribution < 1.29 is 9.05 Å². The third kappa shape index (κ3) is 2.77. The fourth-order valence-corrected chi connectivity index (χ4v) is 3.94. The van der Waals surface area contributed by atoms with E-state index in [4.69, 9.17) is 9.05 Å². The summed E-state index contributed by atoms with van der Waals surface area (Å²) in [5, 5.41) is 1.27. The van der Waals surface area contributed by atoms with Crippen molar-refractivity contribution in [3.05, 3.63) is 29.8 Å². The zero-order valence-corrected chi connectivity index (χ0v) is 11.9. The standard InChI is InChI=1S/C15H21O2P/c1-12-6-2-3-11-15(12)18(16-13-7-4-8-13)17-14-9-5-10-14/h2-3,6,11,13-14H,4-5,7-10H2,1H3. The van der Waals surface area contributed by atoms with Crippen LogP contribution in [0.25, 0.3) is 0 Å². The molecule has 0 atom stereocenters. The second kappa shape index (κ2) is 5.69. The van der Waals surface area contributed by atoms with Crippen LogP contribution in [0.2, 0.25) is 0 Å². The van der Waals surface area contributed by atoms with E-state index >= 15 is 0 Å². The summed E-state index contributed by atoms with van der Waals surface area (Å²) in [5.41, 5.74) is 1.29. The Labute approximate surface area is 111 Å². The van der Waals surface area contributed by atoms with Crippen LogP contribution in [-0.4, -0.2) is 12.2 Å². The smallest absolute Gasteiger partial charge is 0.205 e. The first-order valence-electron chi connectivity index (χ1n) is 7.02. The molecular weight excluding hydrogens is 243 g/mol. The molecule has 0 heterocycles. The van der Waals surface area contributed by atoms with Gasteiger partial charge in [0.05, 0.1) is 12.2 Å². The Kier molecular flexibility index (Phi) is 3.98. The van der Waals surface area contributed by atoms with Crippen LogP contribution < -0.4 is 5.30 Å². The highest BCUT2D eigenvalue weighted by Gasteiger charge is 2.30. The van der Waals surface area contributed by atoms with Crippen molar-refractivity contribution in [3.8, 4) is 0 Å². The van der Waals surface area contributed by atoms with E-state index in [9.17, 15) is 0 Å². The second-order valence-corrected chi connectivity index (χ2v) is 6.78. The van der Waals surface area contributed by atoms with Crippen molar-refractivity contribution >= 4 is 13.7 Å². The largest absolute Gasteiger partial charge is 0.327 e. The Balaban J connectivity index is 1.72. The van der Waals surface area contributed by atoms with E-state index in [0.717, 1.165) is 0 Å². The number of hydrogen-bond acceptors (Lipinski definition) is 2. The summed E-state index contributed by atoms with van der Waals surface area (Å²) in [5.74, 6) is 0. The Morgan fingerprint density at radius 3 is 1.94 bits per heavy atom. The summed E-state index contributed by atoms with van der Waals surface area (Å²) in [4.78, 5) is 0. The van der Waals surface area contributed by atoms with Crippen molar-refractivity contribution in [2.75, 3.05) is 0 Å². The van der Waals surface area contributed by atoms with Gasteiger partial charge >= 0.3 is 0 Å². The highest BCUT2D eigenvalue weighted by Crippen LogP contribution is 2.47. The molecule has 2 aliphatic rings. The van der Waals surface area contributed by atoms with Crippen LogP contribution in [0.5, 0.6) is 0 Å². The zero-order chi connectivity index (χ0) is 12.4. The van der Waals surface area contributed by atoms with E-state index in [1.165, 1.54) is 49.4 Å². The van der Waals surface area contributed by atoms with Crippen molar-refractivity contribution in [1.82, 2.24) is 0 Å². The Bertz CT molecular complexity index is 383. The molecule has 2 nitrogen and oxygen atoms in total. The number of hydrogen-bond donors (Lipinski definition) is 0. The monoisotopic (exact) mass is 264 g/mol. The quantitative estimate of drug-likeness (QED) is 0.746. The molecule has 2 saturated carbocycles. The van der Waals surface area contributed by atoms with Gasteiger partial charge < -0.3 is 9.05 Å². The van der Waals surface area contributed by atoms with E-state index < -0.39 is 8.38 Å². The lowest BCUT2D eigenvalue weighted by Crippen LogP contribution is -2.27. The van der Waals surface area contributed by atoms with E-state index in [1.54, 1.807) is 0 Å². The lowest BCUT2D eigenvalue weighted by Gasteiger charge is -2.34. The van der Waals surface area contributed by atoms with Gasteiger partial charge in [0.15, 0.2) is 0 Å². The predicted molar refractivity (Wildman–Crippen MR) is 75.2 cm³/mol. The van der Waals surface area contributed by atoms with Crippen LogP contribution in [0.4, 0.5) is 0 Å². The molecule has 3 rings (SSSR count). The SMILES string of the molecule is Cc1ccccc1P(OC1CCC1)OC1CCC1. The normalized spacial score (nSPS) is 20.8. The van der Waals surface area contributed by atoms with Crippen molar-refractivity contribution in [3.63, 3.8) is 0 Å². The highest BCUT2D eigenvalue weighted by molar-refractivity contribution is 7.56. The lowest BCUT2D eigenvalue weighted by molar-refractivity contribution is 0.0742. The topological polar surface area (TPSA) is 18.5 Å². The first-order chi connectivity index (χ1) is 8.83. The third-order valence-corrected chi connectivity index (χ3v) is 5.78. The van der Waals surface area contributed by atoms with Crippen LogP contribution in [0.15, 0.2) is 24.3 Å². The lowest BCUT2D eigenvalue weighted by atomic mass is 9.97. The van der Waals surface area contributed by atoms with Gasteiger partial charge in [-0.2, -0.15) is 0 Å². The minimum absolute atomic E-state index is 0.441. The Morgan fingerprint density at radius 1 is 0.944 bits per heavy atom. The summed E-state index contributed by atoms with van der Waals surface area (Å²) in [6.07, 6.45) is 8.33. The van der Waals surface area contributed by atoms with Crippen molar-refractivity contribution in [2.24, 2.45) is 0 Å². The molecule has 0 unspecified atom stereocenters. The molecule has 18 heavy (non-hydrogen) atoms. The Hall–Kier alpha value is -0.430. The molecule has 0 aliphatic heterocycles. The van der Waals surface area contributed by atoms with E-state index in [2.05, 4.69) is 31.2 Å². The molecule has 2 aliphatic carbocycles. The molecule has 1 aromatic carbocycles. The molecule has 0 spiro atoms. The first-order valence-corrected chi connectivity index (χ1v) is 8.20. The maximum atomic E-state index is 6.20. The van der Waals surface area contributed by atoms with E-state index in [1.807, 2.05) is 0 Å². The molecule has 98 valence electrons. The van der Waals surface area contributed by atoms with Gasteiger partial charge in [0.1, 0.15) is 0 Å². The van der Waals surface area contributed by atoms with Crippen LogP contribution in [0.3, 0.4) is 0 Å². The molecule has 0 aromatic heterocycles. The van der Waals surface area contributed by atoms with Crippen LogP contribution >= 0.6 is 8.38 Å². The molecule has 1 aromatic rings. The van der Waals surface area contributed by atoms with Gasteiger partial charge in [-0.1, -0.05) is 18.2 Å². The van der Waals surface area contributed by atoms with Gasteiger partial charge in [0, 0.05) is 5.30 Å². The predicted octanol–water partition coefficient (Wildman–Crippen LogP) is 4.07. The summed E-state index contributed by atoms with van der Waals surface area (Å²) in [6, 6.07) is 8.49. The van der Waals surface area contributed by atoms with Gasteiger partial charge in [-0.25, -0.2) is 0 Å². The van der Waals surface area contributed by atoms with Crippen LogP contribution in [0.1, 0.15) is 44.1 Å². The highest BCUT2D eigenvalue weighted by atomic mass is 31.2. The summed E-state index contributed by atoms with van der Waals surface area (Å²) >= 11 is 0. The van der Waals surface area contributed by atoms with Gasteiger partial charge in [-0.3, -0.25) is 0 Å². The average molecular weight is 264 g/mol. The van der Waals surface area contributed by atoms with Gasteiger partial charge in [0.25, 0.3) is 0 Å². The second-order valence-electron chi connectivity index (χ2n) is 5.36. The molecule has 2 fully saturated rings. The van der Waals surface area contributed by atoms with Crippen molar-refractivity contribution in [2.45, 2.75) is 57.7 Å². The maximum Gasteiger partial charge on any atom is 0.205 e. The summed E-state index contributed by atoms with van der Waals surface area (Å²) < 4.78 is 12.4. The van der Waals surface area contributed by atoms with Crippen LogP contribution in [0, 0.1) is 6.92 Å². The molecule has 3 heteroatoms. The molecule has 0 radical (unpaired) electrons. The first kappa shape index (κ1) is 12.6. The van der Waals surface area contributed by atoms with E-state index in [-0.39, 0.29) is 0 Å². The molecular formula is C15H21O2P. The summed E-state index contributed by atoms with van der Waals surface area (Å²) in [7, 11) is -0.865. The van der Waals surface area contributed by atoms with E-state index in [0.29, 0.717) is 12.2 Å². The number of rotatable bonds is 5. The summed E-state index contributed by atoms with van der Waals surface area (Å²) in [6.45, 7) is 2.15. The van der Waals surface area contributed by atoms with Gasteiger partial charge in [-0.05, 0) is 57.1 Å². The Morgan fingerprint density at radius 2 is 1.50 bits per heavy atom. The molecule has 0 amide bonds. The third-order valence-electron chi connectivity index (χ3n) is 3.91.